The molecule has 22 heavy (non-hydrogen) atoms. The summed E-state index contributed by atoms with van der Waals surface area (Å²) < 4.78 is 0. The zero-order valence-corrected chi connectivity index (χ0v) is 12.9. The van der Waals surface area contributed by atoms with Crippen LogP contribution in [0.25, 0.3) is 0 Å². The second-order valence-corrected chi connectivity index (χ2v) is 6.20. The molecule has 2 fully saturated rings. The van der Waals surface area contributed by atoms with E-state index in [0.29, 0.717) is 5.02 Å². The Morgan fingerprint density at radius 1 is 1.00 bits per heavy atom. The van der Waals surface area contributed by atoms with Crippen LogP contribution in [0.5, 0.6) is 0 Å². The number of urea groups is 1. The van der Waals surface area contributed by atoms with Gasteiger partial charge in [-0.25, -0.2) is 4.79 Å². The van der Waals surface area contributed by atoms with Crippen LogP contribution >= 0.6 is 11.6 Å². The third kappa shape index (κ3) is 2.86. The van der Waals surface area contributed by atoms with Crippen LogP contribution in [0, 0.1) is 0 Å². The van der Waals surface area contributed by atoms with Crippen LogP contribution in [0.1, 0.15) is 37.7 Å². The van der Waals surface area contributed by atoms with Gasteiger partial charge in [-0.15, -0.1) is 0 Å². The van der Waals surface area contributed by atoms with Crippen molar-refractivity contribution in [3.8, 4) is 0 Å². The maximum atomic E-state index is 12.6. The van der Waals surface area contributed by atoms with Crippen molar-refractivity contribution >= 4 is 29.4 Å². The van der Waals surface area contributed by atoms with Crippen LogP contribution in [0.15, 0.2) is 24.3 Å². The predicted octanol–water partition coefficient (Wildman–Crippen LogP) is 2.96. The highest BCUT2D eigenvalue weighted by atomic mass is 35.5. The number of imide groups is 2. The molecule has 1 saturated heterocycles. The number of barbiturate groups is 1. The molecule has 3 rings (SSSR count). The number of nitrogens with zero attached hydrogens (tertiary/aromatic N) is 2. The summed E-state index contributed by atoms with van der Waals surface area (Å²) in [5.41, 5.74) is 0.812. The van der Waals surface area contributed by atoms with Gasteiger partial charge in [0.05, 0.1) is 6.54 Å². The zero-order chi connectivity index (χ0) is 15.7. The van der Waals surface area contributed by atoms with E-state index in [4.69, 9.17) is 11.6 Å². The first-order valence-electron chi connectivity index (χ1n) is 7.47. The van der Waals surface area contributed by atoms with Gasteiger partial charge in [-0.05, 0) is 30.5 Å². The summed E-state index contributed by atoms with van der Waals surface area (Å²) in [5, 5.41) is 0.600. The number of halogens is 1. The molecular weight excluding hydrogens is 304 g/mol. The molecule has 4 amide bonds. The average molecular weight is 321 g/mol. The number of hydrogen-bond donors (Lipinski definition) is 0. The maximum Gasteiger partial charge on any atom is 0.333 e. The molecule has 1 aliphatic heterocycles. The van der Waals surface area contributed by atoms with E-state index in [1.165, 1.54) is 9.80 Å². The number of carbonyl (C=O) groups excluding carboxylic acids is 3. The molecule has 0 aromatic heterocycles. The lowest BCUT2D eigenvalue weighted by molar-refractivity contribution is -0.144. The molecule has 0 spiro atoms. The fraction of sp³-hybridized carbons (Fsp3) is 0.438. The van der Waals surface area contributed by atoms with Gasteiger partial charge < -0.3 is 0 Å². The van der Waals surface area contributed by atoms with E-state index in [1.54, 1.807) is 24.3 Å². The van der Waals surface area contributed by atoms with Crippen molar-refractivity contribution in [2.75, 3.05) is 0 Å². The Morgan fingerprint density at radius 3 is 2.27 bits per heavy atom. The van der Waals surface area contributed by atoms with E-state index in [9.17, 15) is 14.4 Å². The molecule has 0 unspecified atom stereocenters. The average Bonchev–Trinajstić information content (AvgIpc) is 2.99. The molecular formula is C16H17ClN2O3. The van der Waals surface area contributed by atoms with Gasteiger partial charge in [-0.1, -0.05) is 36.6 Å². The Labute approximate surface area is 133 Å². The molecule has 0 N–H and O–H groups in total. The van der Waals surface area contributed by atoms with Gasteiger partial charge in [-0.2, -0.15) is 0 Å². The summed E-state index contributed by atoms with van der Waals surface area (Å²) in [6.45, 7) is 0.172. The predicted molar refractivity (Wildman–Crippen MR) is 81.1 cm³/mol. The minimum Gasteiger partial charge on any atom is -0.274 e. The third-order valence-electron chi connectivity index (χ3n) is 4.25. The molecule has 5 nitrogen and oxygen atoms in total. The molecule has 116 valence electrons. The summed E-state index contributed by atoms with van der Waals surface area (Å²) in [4.78, 5) is 39.2. The Balaban J connectivity index is 1.80. The van der Waals surface area contributed by atoms with E-state index in [0.717, 1.165) is 31.2 Å². The van der Waals surface area contributed by atoms with E-state index >= 15 is 0 Å². The third-order valence-corrected chi connectivity index (χ3v) is 4.50. The highest BCUT2D eigenvalue weighted by Crippen LogP contribution is 2.28. The molecule has 2 aliphatic rings. The first kappa shape index (κ1) is 15.0. The molecule has 1 aromatic carbocycles. The van der Waals surface area contributed by atoms with Crippen LogP contribution in [0.3, 0.4) is 0 Å². The van der Waals surface area contributed by atoms with Gasteiger partial charge in [0.15, 0.2) is 0 Å². The fourth-order valence-electron chi connectivity index (χ4n) is 3.10. The van der Waals surface area contributed by atoms with Crippen molar-refractivity contribution < 1.29 is 14.4 Å². The van der Waals surface area contributed by atoms with Gasteiger partial charge >= 0.3 is 6.03 Å². The van der Waals surface area contributed by atoms with Gasteiger partial charge in [0, 0.05) is 11.1 Å². The number of hydrogen-bond acceptors (Lipinski definition) is 3. The van der Waals surface area contributed by atoms with Gasteiger partial charge in [-0.3, -0.25) is 19.4 Å². The summed E-state index contributed by atoms with van der Waals surface area (Å²) in [6.07, 6.45) is 3.48. The summed E-state index contributed by atoms with van der Waals surface area (Å²) in [7, 11) is 0. The summed E-state index contributed by atoms with van der Waals surface area (Å²) >= 11 is 5.84. The second kappa shape index (κ2) is 6.08. The minimum absolute atomic E-state index is 0.0548. The van der Waals surface area contributed by atoms with E-state index < -0.39 is 11.9 Å². The van der Waals surface area contributed by atoms with Crippen LogP contribution in [0.2, 0.25) is 5.02 Å². The minimum atomic E-state index is -0.483. The lowest BCUT2D eigenvalue weighted by atomic mass is 10.1. The molecule has 1 heterocycles. The molecule has 0 radical (unpaired) electrons. The van der Waals surface area contributed by atoms with Crippen LogP contribution in [-0.2, 0) is 16.1 Å². The monoisotopic (exact) mass is 320 g/mol. The van der Waals surface area contributed by atoms with Crippen molar-refractivity contribution in [3.05, 3.63) is 34.9 Å². The van der Waals surface area contributed by atoms with E-state index in [-0.39, 0.29) is 24.9 Å². The number of rotatable bonds is 3. The second-order valence-electron chi connectivity index (χ2n) is 5.77. The SMILES string of the molecule is O=C1CC(=O)N(C2CCCC2)C(=O)N1Cc1ccc(Cl)cc1. The zero-order valence-electron chi connectivity index (χ0n) is 12.1. The standard InChI is InChI=1S/C16H17ClN2O3/c17-12-7-5-11(6-8-12)10-18-14(20)9-15(21)19(16(18)22)13-3-1-2-4-13/h5-8,13H,1-4,9-10H2. The van der Waals surface area contributed by atoms with Crippen molar-refractivity contribution in [1.29, 1.82) is 0 Å². The van der Waals surface area contributed by atoms with Crippen molar-refractivity contribution in [3.63, 3.8) is 0 Å². The molecule has 1 aliphatic carbocycles. The molecule has 0 atom stereocenters. The van der Waals surface area contributed by atoms with Crippen molar-refractivity contribution in [2.45, 2.75) is 44.7 Å². The largest absolute Gasteiger partial charge is 0.333 e. The molecule has 1 saturated carbocycles. The van der Waals surface area contributed by atoms with Gasteiger partial charge in [0.1, 0.15) is 6.42 Å². The van der Waals surface area contributed by atoms with Crippen LogP contribution in [0.4, 0.5) is 4.79 Å². The first-order valence-corrected chi connectivity index (χ1v) is 7.85. The van der Waals surface area contributed by atoms with Crippen LogP contribution < -0.4 is 0 Å². The Hall–Kier alpha value is -1.88. The Kier molecular flexibility index (Phi) is 4.16. The van der Waals surface area contributed by atoms with Gasteiger partial charge in [0.25, 0.3) is 0 Å². The van der Waals surface area contributed by atoms with Crippen molar-refractivity contribution in [2.24, 2.45) is 0 Å². The maximum absolute atomic E-state index is 12.6. The normalized spacial score (nSPS) is 20.1. The van der Waals surface area contributed by atoms with E-state index in [2.05, 4.69) is 0 Å². The number of amides is 4. The number of benzene rings is 1. The Bertz CT molecular complexity index is 608. The molecule has 1 aromatic rings. The van der Waals surface area contributed by atoms with E-state index in [1.807, 2.05) is 0 Å². The lowest BCUT2D eigenvalue weighted by Crippen LogP contribution is -2.57. The lowest BCUT2D eigenvalue weighted by Gasteiger charge is -2.36. The van der Waals surface area contributed by atoms with Crippen molar-refractivity contribution in [1.82, 2.24) is 9.80 Å². The molecule has 0 bridgehead atoms. The summed E-state index contributed by atoms with van der Waals surface area (Å²) in [6, 6.07) is 6.45. The van der Waals surface area contributed by atoms with Crippen LogP contribution in [-0.4, -0.2) is 33.7 Å². The highest BCUT2D eigenvalue weighted by Gasteiger charge is 2.42. The topological polar surface area (TPSA) is 57.7 Å². The smallest absolute Gasteiger partial charge is 0.274 e. The Morgan fingerprint density at radius 2 is 1.64 bits per heavy atom. The van der Waals surface area contributed by atoms with Gasteiger partial charge in [0.2, 0.25) is 11.8 Å². The number of carbonyl (C=O) groups is 3. The highest BCUT2D eigenvalue weighted by molar-refractivity contribution is 6.30. The molecule has 6 heteroatoms. The summed E-state index contributed by atoms with van der Waals surface area (Å²) in [5.74, 6) is -0.798. The fourth-order valence-corrected chi connectivity index (χ4v) is 3.23. The quantitative estimate of drug-likeness (QED) is 0.804. The first-order chi connectivity index (χ1) is 10.6.